The number of anilines is 2. The third-order valence-electron chi connectivity index (χ3n) is 9.45. The minimum atomic E-state index is -0.690. The summed E-state index contributed by atoms with van der Waals surface area (Å²) < 4.78 is 24.9. The first kappa shape index (κ1) is 42.2. The zero-order valence-electron chi connectivity index (χ0n) is 33.1. The van der Waals surface area contributed by atoms with Crippen LogP contribution >= 0.6 is 11.8 Å². The molecular weight excluding hydrogens is 727 g/mol. The Labute approximate surface area is 335 Å². The Hall–Kier alpha value is -4.94. The highest BCUT2D eigenvalue weighted by Gasteiger charge is 2.29. The van der Waals surface area contributed by atoms with Crippen LogP contribution in [0.15, 0.2) is 96.3 Å². The number of hydrogen-bond donors (Lipinski definition) is 0. The second-order valence-electron chi connectivity index (χ2n) is 13.6. The molecule has 2 aromatic heterocycles. The van der Waals surface area contributed by atoms with Crippen molar-refractivity contribution in [1.29, 1.82) is 0 Å². The van der Waals surface area contributed by atoms with Gasteiger partial charge in [-0.15, -0.1) is 11.8 Å². The molecule has 0 aliphatic carbocycles. The average molecular weight is 782 g/mol. The molecule has 0 aliphatic heterocycles. The summed E-state index contributed by atoms with van der Waals surface area (Å²) in [7, 11) is 1.65. The van der Waals surface area contributed by atoms with Crippen LogP contribution in [0.25, 0.3) is 11.2 Å². The molecule has 11 nitrogen and oxygen atoms in total. The molecule has 0 bridgehead atoms. The number of thioether (sulfide) groups is 1. The van der Waals surface area contributed by atoms with Crippen LogP contribution in [0, 0.1) is 0 Å². The van der Waals surface area contributed by atoms with Crippen molar-refractivity contribution in [3.63, 3.8) is 0 Å². The number of nitrogens with zero attached hydrogens (tertiary/aromatic N) is 5. The summed E-state index contributed by atoms with van der Waals surface area (Å²) in [6.45, 7) is 4.20. The highest BCUT2D eigenvalue weighted by molar-refractivity contribution is 7.98. The minimum Gasteiger partial charge on any atom is -0.497 e. The van der Waals surface area contributed by atoms with Gasteiger partial charge in [-0.1, -0.05) is 113 Å². The van der Waals surface area contributed by atoms with Crippen LogP contribution in [0.5, 0.6) is 5.75 Å². The predicted molar refractivity (Wildman–Crippen MR) is 221 cm³/mol. The summed E-state index contributed by atoms with van der Waals surface area (Å²) in [6.07, 6.45) is 11.4. The molecule has 0 atom stereocenters. The first-order valence-corrected chi connectivity index (χ1v) is 20.9. The Kier molecular flexibility index (Phi) is 17.0. The molecule has 298 valence electrons. The quantitative estimate of drug-likeness (QED) is 0.0258. The van der Waals surface area contributed by atoms with Crippen molar-refractivity contribution >= 4 is 46.5 Å². The standard InChI is InChI=1S/C44H55N5O6S/c1-5-7-9-17-23-38(50)53-29-37(30-54-39(51)24-18-10-8-6-2)55-32-48-31-45-40-42(48)46-44(47-43(40)56-4)49(35-25-27-36(52-3)28-26-35)41(33-19-13-11-14-20-33)34-21-15-12-16-22-34/h11-16,19-22,25-28,31,37,41H,5-10,17-18,23-24,29-30,32H2,1-4H3. The number of esters is 2. The number of fused-ring (bicyclic) bond motifs is 1. The molecule has 0 N–H and O–H groups in total. The SMILES string of the molecule is CCCCCCC(=O)OCC(COC(=O)CCCCCC)OCn1cnc2c(SC)nc(N(c3ccc(OC)cc3)C(c3ccccc3)c3ccccc3)nc21. The summed E-state index contributed by atoms with van der Waals surface area (Å²) >= 11 is 1.48. The summed E-state index contributed by atoms with van der Waals surface area (Å²) in [5, 5.41) is 0.702. The number of rotatable bonds is 24. The van der Waals surface area contributed by atoms with E-state index in [-0.39, 0.29) is 37.9 Å². The maximum atomic E-state index is 12.6. The van der Waals surface area contributed by atoms with Crippen LogP contribution in [-0.2, 0) is 30.5 Å². The van der Waals surface area contributed by atoms with Crippen LogP contribution in [0.1, 0.15) is 95.2 Å². The number of hydrogen-bond acceptors (Lipinski definition) is 11. The van der Waals surface area contributed by atoms with E-state index in [1.807, 2.05) is 66.9 Å². The molecule has 0 unspecified atom stereocenters. The molecule has 0 spiro atoms. The Morgan fingerprint density at radius 3 is 1.84 bits per heavy atom. The topological polar surface area (TPSA) is 118 Å². The lowest BCUT2D eigenvalue weighted by Gasteiger charge is -2.33. The first-order chi connectivity index (χ1) is 27.4. The van der Waals surface area contributed by atoms with E-state index in [4.69, 9.17) is 33.9 Å². The van der Waals surface area contributed by atoms with Gasteiger partial charge in [-0.3, -0.25) is 19.1 Å². The maximum absolute atomic E-state index is 12.6. The molecule has 56 heavy (non-hydrogen) atoms. The van der Waals surface area contributed by atoms with Gasteiger partial charge in [0.05, 0.1) is 19.5 Å². The van der Waals surface area contributed by atoms with E-state index in [9.17, 15) is 9.59 Å². The lowest BCUT2D eigenvalue weighted by molar-refractivity contribution is -0.157. The Bertz CT molecular complexity index is 1860. The van der Waals surface area contributed by atoms with Gasteiger partial charge in [0.1, 0.15) is 42.3 Å². The lowest BCUT2D eigenvalue weighted by Crippen LogP contribution is -2.29. The molecule has 5 aromatic rings. The van der Waals surface area contributed by atoms with E-state index in [0.717, 1.165) is 73.9 Å². The van der Waals surface area contributed by atoms with Crippen molar-refractivity contribution in [3.8, 4) is 5.75 Å². The van der Waals surface area contributed by atoms with Crippen molar-refractivity contribution in [2.45, 2.75) is 102 Å². The van der Waals surface area contributed by atoms with Gasteiger partial charge in [-0.2, -0.15) is 4.98 Å². The fraction of sp³-hybridized carbons (Fsp3) is 0.432. The highest BCUT2D eigenvalue weighted by atomic mass is 32.2. The number of carbonyl (C=O) groups is 2. The molecule has 12 heteroatoms. The second kappa shape index (κ2) is 22.6. The summed E-state index contributed by atoms with van der Waals surface area (Å²) in [4.78, 5) is 42.3. The monoisotopic (exact) mass is 781 g/mol. The molecule has 0 fully saturated rings. The summed E-state index contributed by atoms with van der Waals surface area (Å²) in [5.74, 6) is 0.623. The Balaban J connectivity index is 1.46. The van der Waals surface area contributed by atoms with Crippen molar-refractivity contribution in [3.05, 3.63) is 102 Å². The fourth-order valence-corrected chi connectivity index (χ4v) is 6.88. The van der Waals surface area contributed by atoms with Gasteiger partial charge in [0.15, 0.2) is 5.65 Å². The number of aromatic nitrogens is 4. The summed E-state index contributed by atoms with van der Waals surface area (Å²) in [6, 6.07) is 28.2. The number of benzene rings is 3. The average Bonchev–Trinajstić information content (AvgIpc) is 3.65. The number of methoxy groups -OCH3 is 1. The van der Waals surface area contributed by atoms with Crippen molar-refractivity contribution < 1.29 is 28.5 Å². The van der Waals surface area contributed by atoms with Gasteiger partial charge in [0.25, 0.3) is 0 Å². The zero-order valence-corrected chi connectivity index (χ0v) is 33.9. The van der Waals surface area contributed by atoms with E-state index >= 15 is 0 Å². The fourth-order valence-electron chi connectivity index (χ4n) is 6.37. The molecular formula is C44H55N5O6S. The van der Waals surface area contributed by atoms with Gasteiger partial charge in [-0.05, 0) is 54.5 Å². The maximum Gasteiger partial charge on any atom is 0.305 e. The van der Waals surface area contributed by atoms with Gasteiger partial charge in [-0.25, -0.2) is 9.97 Å². The molecule has 0 radical (unpaired) electrons. The molecule has 0 saturated carbocycles. The zero-order chi connectivity index (χ0) is 39.5. The lowest BCUT2D eigenvalue weighted by atomic mass is 9.96. The van der Waals surface area contributed by atoms with Crippen LogP contribution in [-0.4, -0.2) is 64.1 Å². The van der Waals surface area contributed by atoms with Crippen molar-refractivity contribution in [2.75, 3.05) is 31.5 Å². The number of unbranched alkanes of at least 4 members (excludes halogenated alkanes) is 6. The van der Waals surface area contributed by atoms with E-state index in [2.05, 4.69) is 43.0 Å². The van der Waals surface area contributed by atoms with E-state index in [0.29, 0.717) is 35.0 Å². The van der Waals surface area contributed by atoms with Gasteiger partial charge < -0.3 is 18.9 Å². The highest BCUT2D eigenvalue weighted by Crippen LogP contribution is 2.39. The van der Waals surface area contributed by atoms with Crippen LogP contribution < -0.4 is 9.64 Å². The molecule has 0 aliphatic rings. The third-order valence-corrected chi connectivity index (χ3v) is 10.1. The van der Waals surface area contributed by atoms with E-state index in [1.165, 1.54) is 11.8 Å². The molecule has 3 aromatic carbocycles. The molecule has 2 heterocycles. The van der Waals surface area contributed by atoms with E-state index in [1.54, 1.807) is 18.0 Å². The second-order valence-corrected chi connectivity index (χ2v) is 14.4. The van der Waals surface area contributed by atoms with Crippen LogP contribution in [0.3, 0.4) is 0 Å². The number of imidazole rings is 1. The molecule has 5 rings (SSSR count). The molecule has 0 amide bonds. The van der Waals surface area contributed by atoms with Gasteiger partial charge >= 0.3 is 11.9 Å². The minimum absolute atomic E-state index is 0.0247. The summed E-state index contributed by atoms with van der Waals surface area (Å²) in [5.41, 5.74) is 4.18. The molecule has 0 saturated heterocycles. The Morgan fingerprint density at radius 1 is 0.750 bits per heavy atom. The first-order valence-electron chi connectivity index (χ1n) is 19.7. The van der Waals surface area contributed by atoms with E-state index < -0.39 is 6.10 Å². The third kappa shape index (κ3) is 12.0. The predicted octanol–water partition coefficient (Wildman–Crippen LogP) is 9.85. The van der Waals surface area contributed by atoms with Gasteiger partial charge in [0, 0.05) is 18.5 Å². The van der Waals surface area contributed by atoms with Crippen LogP contribution in [0.4, 0.5) is 11.6 Å². The van der Waals surface area contributed by atoms with Gasteiger partial charge in [0.2, 0.25) is 5.95 Å². The largest absolute Gasteiger partial charge is 0.497 e. The van der Waals surface area contributed by atoms with Crippen molar-refractivity contribution in [2.24, 2.45) is 0 Å². The number of ether oxygens (including phenoxy) is 4. The van der Waals surface area contributed by atoms with Crippen molar-refractivity contribution in [1.82, 2.24) is 19.5 Å². The van der Waals surface area contributed by atoms with Crippen LogP contribution in [0.2, 0.25) is 0 Å². The number of carbonyl (C=O) groups excluding carboxylic acids is 2. The normalized spacial score (nSPS) is 11.3. The smallest absolute Gasteiger partial charge is 0.305 e. The Morgan fingerprint density at radius 2 is 1.32 bits per heavy atom.